The number of aromatic carboxylic acids is 1. The van der Waals surface area contributed by atoms with Crippen molar-refractivity contribution in [3.63, 3.8) is 0 Å². The number of rotatable bonds is 12. The normalized spacial score (nSPS) is 11.4. The van der Waals surface area contributed by atoms with Crippen LogP contribution in [0.3, 0.4) is 0 Å². The Bertz CT molecular complexity index is 2420. The molecule has 56 heavy (non-hydrogen) atoms. The van der Waals surface area contributed by atoms with Crippen LogP contribution in [0.15, 0.2) is 140 Å². The summed E-state index contributed by atoms with van der Waals surface area (Å²) in [5, 5.41) is 30.9. The average Bonchev–Trinajstić information content (AvgIpc) is 3.52. The number of ether oxygens (including phenoxy) is 2. The fraction of sp³-hybridized carbons (Fsp3) is 0.178. The van der Waals surface area contributed by atoms with Gasteiger partial charge in [-0.2, -0.15) is 13.2 Å². The summed E-state index contributed by atoms with van der Waals surface area (Å²) in [6.45, 7) is 5.66. The van der Waals surface area contributed by atoms with E-state index in [1.54, 1.807) is 0 Å². The molecule has 0 saturated carbocycles. The Kier molecular flexibility index (Phi) is 12.5. The lowest BCUT2D eigenvalue weighted by atomic mass is 9.77. The molecule has 0 spiro atoms. The Balaban J connectivity index is 0.000000348. The topological polar surface area (TPSA) is 101 Å². The first-order valence-corrected chi connectivity index (χ1v) is 18.2. The Morgan fingerprint density at radius 1 is 0.768 bits per heavy atom. The number of hydrogen-bond acceptors (Lipinski definition) is 5. The molecule has 11 heteroatoms. The summed E-state index contributed by atoms with van der Waals surface area (Å²) in [4.78, 5) is 13.0. The molecule has 0 saturated heterocycles. The van der Waals surface area contributed by atoms with Crippen LogP contribution in [0.2, 0.25) is 0 Å². The lowest BCUT2D eigenvalue weighted by Crippen LogP contribution is -2.35. The van der Waals surface area contributed by atoms with E-state index in [1.165, 1.54) is 12.1 Å². The first-order valence-electron chi connectivity index (χ1n) is 18.2. The van der Waals surface area contributed by atoms with Crippen LogP contribution in [0.1, 0.15) is 53.4 Å². The number of carboxylic acids is 1. The fourth-order valence-electron chi connectivity index (χ4n) is 6.83. The van der Waals surface area contributed by atoms with Crippen molar-refractivity contribution >= 4 is 40.2 Å². The molecule has 0 atom stereocenters. The van der Waals surface area contributed by atoms with Gasteiger partial charge >= 0.3 is 19.3 Å². The smallest absolute Gasteiger partial charge is 0.489 e. The van der Waals surface area contributed by atoms with Gasteiger partial charge in [0.05, 0.1) is 12.2 Å². The minimum atomic E-state index is -4.56. The number of halogens is 3. The number of aromatic nitrogens is 1. The van der Waals surface area contributed by atoms with Gasteiger partial charge in [0, 0.05) is 28.4 Å². The zero-order valence-corrected chi connectivity index (χ0v) is 30.9. The molecule has 0 aliphatic heterocycles. The van der Waals surface area contributed by atoms with E-state index in [0.717, 1.165) is 61.8 Å². The summed E-state index contributed by atoms with van der Waals surface area (Å²) >= 11 is 0. The van der Waals surface area contributed by atoms with Crippen LogP contribution in [0.4, 0.5) is 13.2 Å². The number of fused-ring (bicyclic) bond motifs is 2. The van der Waals surface area contributed by atoms with Gasteiger partial charge in [-0.3, -0.25) is 0 Å². The van der Waals surface area contributed by atoms with E-state index in [2.05, 4.69) is 38.1 Å². The number of carboxylic acid groups (broad SMARTS) is 1. The van der Waals surface area contributed by atoms with Gasteiger partial charge < -0.3 is 29.2 Å². The molecule has 1 heterocycles. The fourth-order valence-corrected chi connectivity index (χ4v) is 6.83. The summed E-state index contributed by atoms with van der Waals surface area (Å²) in [6, 6.07) is 42.5. The van der Waals surface area contributed by atoms with Crippen LogP contribution in [0.25, 0.3) is 32.8 Å². The molecule has 7 nitrogen and oxygen atoms in total. The maximum absolute atomic E-state index is 13.0. The quantitative estimate of drug-likeness (QED) is 0.0848. The predicted octanol–water partition coefficient (Wildman–Crippen LogP) is 9.72. The van der Waals surface area contributed by atoms with Crippen LogP contribution < -0.4 is 14.9 Å². The van der Waals surface area contributed by atoms with Crippen LogP contribution in [-0.2, 0) is 19.3 Å². The predicted molar refractivity (Wildman–Crippen MR) is 215 cm³/mol. The Hall–Kier alpha value is -6.04. The van der Waals surface area contributed by atoms with Crippen molar-refractivity contribution in [1.29, 1.82) is 0 Å². The molecule has 0 amide bonds. The molecule has 0 unspecified atom stereocenters. The molecule has 7 aromatic rings. The second kappa shape index (κ2) is 17.6. The van der Waals surface area contributed by atoms with Gasteiger partial charge in [0.15, 0.2) is 0 Å². The van der Waals surface area contributed by atoms with Crippen LogP contribution in [0, 0.1) is 0 Å². The number of alkyl halides is 3. The molecule has 0 fully saturated rings. The van der Waals surface area contributed by atoms with Crippen molar-refractivity contribution in [2.75, 3.05) is 6.61 Å². The second-order valence-electron chi connectivity index (χ2n) is 13.5. The molecule has 3 N–H and O–H groups in total. The first-order chi connectivity index (χ1) is 26.9. The SMILES string of the molecule is CC(C)c1ccccc1-c1c(C(=O)O)n(CCCOc2cccc3ccccc23)c2ccc(OCc3ccccc3)cc12.OB(O)c1ccccc1C(F)(F)F. The van der Waals surface area contributed by atoms with Crippen molar-refractivity contribution in [2.24, 2.45) is 0 Å². The van der Waals surface area contributed by atoms with Crippen LogP contribution in [0.5, 0.6) is 11.5 Å². The molecule has 6 aromatic carbocycles. The zero-order valence-electron chi connectivity index (χ0n) is 30.9. The lowest BCUT2D eigenvalue weighted by molar-refractivity contribution is -0.136. The zero-order chi connectivity index (χ0) is 39.8. The van der Waals surface area contributed by atoms with E-state index in [4.69, 9.17) is 19.5 Å². The monoisotopic (exact) mass is 759 g/mol. The lowest BCUT2D eigenvalue weighted by Gasteiger charge is -2.14. The summed E-state index contributed by atoms with van der Waals surface area (Å²) in [6.07, 6.45) is -3.91. The van der Waals surface area contributed by atoms with E-state index in [1.807, 2.05) is 95.6 Å². The minimum Gasteiger partial charge on any atom is -0.493 e. The van der Waals surface area contributed by atoms with E-state index in [0.29, 0.717) is 31.9 Å². The van der Waals surface area contributed by atoms with Gasteiger partial charge in [0.1, 0.15) is 23.8 Å². The van der Waals surface area contributed by atoms with Crippen molar-refractivity contribution in [1.82, 2.24) is 4.57 Å². The van der Waals surface area contributed by atoms with Gasteiger partial charge in [-0.15, -0.1) is 0 Å². The number of nitrogens with zero attached hydrogens (tertiary/aromatic N) is 1. The van der Waals surface area contributed by atoms with Crippen LogP contribution in [-0.4, -0.2) is 39.4 Å². The van der Waals surface area contributed by atoms with Crippen molar-refractivity contribution in [3.05, 3.63) is 162 Å². The van der Waals surface area contributed by atoms with E-state index < -0.39 is 30.3 Å². The van der Waals surface area contributed by atoms with Gasteiger partial charge in [0.2, 0.25) is 0 Å². The van der Waals surface area contributed by atoms with Crippen molar-refractivity contribution in [2.45, 2.75) is 45.5 Å². The average molecular weight is 760 g/mol. The molecule has 0 radical (unpaired) electrons. The number of benzene rings is 6. The maximum Gasteiger partial charge on any atom is 0.489 e. The standard InChI is InChI=1S/C38H35NO4.C7H6BF3O2/c1-26(2)30-16-8-9-18-32(30)36-33-24-29(43-25-27-12-4-3-5-13-27)20-21-34(33)39(37(36)38(40)41)22-11-23-42-35-19-10-15-28-14-6-7-17-31(28)35;9-7(10,11)5-3-1-2-4-6(5)8(12)13/h3-10,12-21,24,26H,11,22-23,25H2,1-2H3,(H,40,41);1-4,12-13H. The highest BCUT2D eigenvalue weighted by Crippen LogP contribution is 2.41. The summed E-state index contributed by atoms with van der Waals surface area (Å²) < 4.78 is 50.9. The Morgan fingerprint density at radius 3 is 2.16 bits per heavy atom. The molecule has 0 bridgehead atoms. The highest BCUT2D eigenvalue weighted by molar-refractivity contribution is 6.59. The molecular formula is C45H41BF3NO6. The van der Waals surface area contributed by atoms with E-state index in [9.17, 15) is 23.1 Å². The van der Waals surface area contributed by atoms with Crippen molar-refractivity contribution in [3.8, 4) is 22.6 Å². The summed E-state index contributed by atoms with van der Waals surface area (Å²) in [7, 11) is -2.10. The molecule has 1 aromatic heterocycles. The highest BCUT2D eigenvalue weighted by Gasteiger charge is 2.35. The van der Waals surface area contributed by atoms with E-state index in [-0.39, 0.29) is 11.6 Å². The minimum absolute atomic E-state index is 0.225. The van der Waals surface area contributed by atoms with Gasteiger partial charge in [-0.1, -0.05) is 129 Å². The van der Waals surface area contributed by atoms with Gasteiger partial charge in [0.25, 0.3) is 0 Å². The molecule has 286 valence electrons. The van der Waals surface area contributed by atoms with Gasteiger partial charge in [-0.25, -0.2) is 4.79 Å². The Labute approximate surface area is 323 Å². The number of aryl methyl sites for hydroxylation is 1. The third-order valence-corrected chi connectivity index (χ3v) is 9.42. The third-order valence-electron chi connectivity index (χ3n) is 9.42. The first kappa shape index (κ1) is 39.7. The molecule has 0 aliphatic rings. The second-order valence-corrected chi connectivity index (χ2v) is 13.5. The van der Waals surface area contributed by atoms with E-state index >= 15 is 0 Å². The molecule has 0 aliphatic carbocycles. The summed E-state index contributed by atoms with van der Waals surface area (Å²) in [5.74, 6) is 0.808. The maximum atomic E-state index is 13.0. The number of carbonyl (C=O) groups is 1. The largest absolute Gasteiger partial charge is 0.493 e. The number of hydrogen-bond donors (Lipinski definition) is 3. The Morgan fingerprint density at radius 2 is 1.45 bits per heavy atom. The van der Waals surface area contributed by atoms with Crippen LogP contribution >= 0.6 is 0 Å². The van der Waals surface area contributed by atoms with Crippen molar-refractivity contribution < 1.29 is 42.6 Å². The summed E-state index contributed by atoms with van der Waals surface area (Å²) in [5.41, 5.74) is 3.44. The van der Waals surface area contributed by atoms with Gasteiger partial charge in [-0.05, 0) is 64.1 Å². The highest BCUT2D eigenvalue weighted by atomic mass is 19.4. The third kappa shape index (κ3) is 9.08. The molecular weight excluding hydrogens is 718 g/mol. The molecule has 7 rings (SSSR count).